The molecule has 134 valence electrons. The van der Waals surface area contributed by atoms with Gasteiger partial charge in [0.15, 0.2) is 0 Å². The number of para-hydroxylation sites is 1. The first-order valence-corrected chi connectivity index (χ1v) is 8.81. The summed E-state index contributed by atoms with van der Waals surface area (Å²) in [4.78, 5) is 12.0. The van der Waals surface area contributed by atoms with Crippen molar-refractivity contribution in [2.24, 2.45) is 0 Å². The summed E-state index contributed by atoms with van der Waals surface area (Å²) in [6, 6.07) is 24.2. The van der Waals surface area contributed by atoms with E-state index in [1.807, 2.05) is 73.7 Å². The molecular formula is C24H20O3. The van der Waals surface area contributed by atoms with Gasteiger partial charge in [0.05, 0.1) is 6.61 Å². The lowest BCUT2D eigenvalue weighted by Crippen LogP contribution is -2.00. The molecule has 0 saturated heterocycles. The van der Waals surface area contributed by atoms with Crippen molar-refractivity contribution >= 4 is 5.78 Å². The third kappa shape index (κ3) is 5.23. The summed E-state index contributed by atoms with van der Waals surface area (Å²) in [5, 5.41) is 0. The zero-order valence-corrected chi connectivity index (χ0v) is 15.1. The molecule has 3 nitrogen and oxygen atoms in total. The number of hydrogen-bond donors (Lipinski definition) is 0. The topological polar surface area (TPSA) is 35.5 Å². The maximum Gasteiger partial charge on any atom is 0.236 e. The third-order valence-electron chi connectivity index (χ3n) is 3.88. The largest absolute Gasteiger partial charge is 0.493 e. The number of hydrogen-bond acceptors (Lipinski definition) is 3. The van der Waals surface area contributed by atoms with Gasteiger partial charge in [-0.1, -0.05) is 54.5 Å². The fourth-order valence-corrected chi connectivity index (χ4v) is 2.51. The maximum absolute atomic E-state index is 12.0. The Balaban J connectivity index is 1.62. The molecule has 0 fully saturated rings. The van der Waals surface area contributed by atoms with E-state index in [0.717, 1.165) is 22.6 Å². The van der Waals surface area contributed by atoms with Crippen LogP contribution in [0.1, 0.15) is 28.4 Å². The van der Waals surface area contributed by atoms with Gasteiger partial charge in [-0.15, -0.1) is 0 Å². The van der Waals surface area contributed by atoms with Crippen LogP contribution in [0.2, 0.25) is 0 Å². The van der Waals surface area contributed by atoms with Crippen LogP contribution in [0.4, 0.5) is 0 Å². The Labute approximate surface area is 159 Å². The molecule has 0 unspecified atom stereocenters. The summed E-state index contributed by atoms with van der Waals surface area (Å²) in [7, 11) is 0. The summed E-state index contributed by atoms with van der Waals surface area (Å²) in [5.74, 6) is 6.94. The summed E-state index contributed by atoms with van der Waals surface area (Å²) in [6.45, 7) is 3.00. The average molecular weight is 356 g/mol. The number of Topliss-reactive ketones (excluding diaryl/α,β-unsaturated/α-hetero) is 1. The van der Waals surface area contributed by atoms with Gasteiger partial charge in [0, 0.05) is 16.7 Å². The SMILES string of the molecule is CCOc1ccccc1COc1ccc(C#CC(=O)c2ccccc2)cc1. The number of benzene rings is 3. The van der Waals surface area contributed by atoms with Crippen molar-refractivity contribution in [3.05, 3.63) is 95.6 Å². The molecule has 0 aromatic heterocycles. The molecule has 0 amide bonds. The molecule has 3 rings (SSSR count). The maximum atomic E-state index is 12.0. The molecule has 3 heteroatoms. The van der Waals surface area contributed by atoms with E-state index in [1.165, 1.54) is 0 Å². The van der Waals surface area contributed by atoms with Crippen LogP contribution >= 0.6 is 0 Å². The van der Waals surface area contributed by atoms with E-state index < -0.39 is 0 Å². The Morgan fingerprint density at radius 2 is 1.56 bits per heavy atom. The predicted octanol–water partition coefficient (Wildman–Crippen LogP) is 4.90. The molecule has 0 bridgehead atoms. The van der Waals surface area contributed by atoms with Crippen molar-refractivity contribution in [2.45, 2.75) is 13.5 Å². The highest BCUT2D eigenvalue weighted by molar-refractivity contribution is 6.09. The predicted molar refractivity (Wildman–Crippen MR) is 106 cm³/mol. The molecule has 0 aliphatic rings. The van der Waals surface area contributed by atoms with Crippen LogP contribution in [0.3, 0.4) is 0 Å². The first-order valence-electron chi connectivity index (χ1n) is 8.81. The van der Waals surface area contributed by atoms with Crippen molar-refractivity contribution in [1.82, 2.24) is 0 Å². The van der Waals surface area contributed by atoms with Crippen molar-refractivity contribution in [3.63, 3.8) is 0 Å². The summed E-state index contributed by atoms with van der Waals surface area (Å²) >= 11 is 0. The van der Waals surface area contributed by atoms with Crippen molar-refractivity contribution in [2.75, 3.05) is 6.61 Å². The van der Waals surface area contributed by atoms with Crippen LogP contribution in [0, 0.1) is 11.8 Å². The number of ketones is 1. The first-order chi connectivity index (χ1) is 13.3. The van der Waals surface area contributed by atoms with Gasteiger partial charge in [-0.3, -0.25) is 4.79 Å². The molecule has 27 heavy (non-hydrogen) atoms. The fraction of sp³-hybridized carbons (Fsp3) is 0.125. The van der Waals surface area contributed by atoms with Crippen LogP contribution in [-0.2, 0) is 6.61 Å². The Kier molecular flexibility index (Phi) is 6.27. The van der Waals surface area contributed by atoms with E-state index in [2.05, 4.69) is 11.8 Å². The Hall–Kier alpha value is -3.51. The second kappa shape index (κ2) is 9.26. The van der Waals surface area contributed by atoms with E-state index in [4.69, 9.17) is 9.47 Å². The molecule has 0 spiro atoms. The summed E-state index contributed by atoms with van der Waals surface area (Å²) in [5.41, 5.74) is 2.36. The van der Waals surface area contributed by atoms with E-state index in [0.29, 0.717) is 18.8 Å². The van der Waals surface area contributed by atoms with Gasteiger partial charge in [0.25, 0.3) is 0 Å². The number of carbonyl (C=O) groups excluding carboxylic acids is 1. The minimum Gasteiger partial charge on any atom is -0.493 e. The van der Waals surface area contributed by atoms with Crippen LogP contribution in [-0.4, -0.2) is 12.4 Å². The van der Waals surface area contributed by atoms with Crippen LogP contribution < -0.4 is 9.47 Å². The van der Waals surface area contributed by atoms with E-state index in [1.54, 1.807) is 12.1 Å². The lowest BCUT2D eigenvalue weighted by atomic mass is 10.1. The van der Waals surface area contributed by atoms with Gasteiger partial charge in [0.1, 0.15) is 18.1 Å². The van der Waals surface area contributed by atoms with Crippen LogP contribution in [0.15, 0.2) is 78.9 Å². The van der Waals surface area contributed by atoms with Gasteiger partial charge in [-0.05, 0) is 43.2 Å². The minimum absolute atomic E-state index is 0.191. The molecule has 3 aromatic carbocycles. The van der Waals surface area contributed by atoms with E-state index >= 15 is 0 Å². The molecule has 0 aliphatic carbocycles. The Morgan fingerprint density at radius 3 is 2.30 bits per heavy atom. The summed E-state index contributed by atoms with van der Waals surface area (Å²) in [6.07, 6.45) is 0. The smallest absolute Gasteiger partial charge is 0.236 e. The molecule has 0 N–H and O–H groups in total. The normalized spacial score (nSPS) is 9.81. The molecule has 0 atom stereocenters. The Bertz CT molecular complexity index is 948. The van der Waals surface area contributed by atoms with Crippen LogP contribution in [0.25, 0.3) is 0 Å². The molecular weight excluding hydrogens is 336 g/mol. The molecule has 0 aliphatic heterocycles. The zero-order chi connectivity index (χ0) is 18.9. The molecule has 0 radical (unpaired) electrons. The van der Waals surface area contributed by atoms with Gasteiger partial charge < -0.3 is 9.47 Å². The lowest BCUT2D eigenvalue weighted by molar-refractivity contribution is 0.105. The van der Waals surface area contributed by atoms with Gasteiger partial charge >= 0.3 is 0 Å². The quantitative estimate of drug-likeness (QED) is 0.465. The summed E-state index contributed by atoms with van der Waals surface area (Å²) < 4.78 is 11.4. The van der Waals surface area contributed by atoms with E-state index in [9.17, 15) is 4.79 Å². The highest BCUT2D eigenvalue weighted by atomic mass is 16.5. The van der Waals surface area contributed by atoms with Crippen LogP contribution in [0.5, 0.6) is 11.5 Å². The van der Waals surface area contributed by atoms with Gasteiger partial charge in [-0.25, -0.2) is 0 Å². The van der Waals surface area contributed by atoms with Crippen molar-refractivity contribution in [1.29, 1.82) is 0 Å². The standard InChI is InChI=1S/C24H20O3/c1-2-26-24-11-7-6-10-21(24)18-27-22-15-12-19(13-16-22)14-17-23(25)20-8-4-3-5-9-20/h3-13,15-16H,2,18H2,1H3. The number of ether oxygens (including phenoxy) is 2. The average Bonchev–Trinajstić information content (AvgIpc) is 2.73. The number of carbonyl (C=O) groups is 1. The van der Waals surface area contributed by atoms with Gasteiger partial charge in [-0.2, -0.15) is 0 Å². The monoisotopic (exact) mass is 356 g/mol. The lowest BCUT2D eigenvalue weighted by Gasteiger charge is -2.11. The van der Waals surface area contributed by atoms with E-state index in [-0.39, 0.29) is 5.78 Å². The number of rotatable bonds is 6. The highest BCUT2D eigenvalue weighted by Gasteiger charge is 2.04. The third-order valence-corrected chi connectivity index (χ3v) is 3.88. The van der Waals surface area contributed by atoms with Crippen molar-refractivity contribution < 1.29 is 14.3 Å². The first kappa shape index (κ1) is 18.3. The van der Waals surface area contributed by atoms with Crippen molar-refractivity contribution in [3.8, 4) is 23.3 Å². The molecule has 3 aromatic rings. The van der Waals surface area contributed by atoms with Gasteiger partial charge in [0.2, 0.25) is 5.78 Å². The fourth-order valence-electron chi connectivity index (χ4n) is 2.51. The highest BCUT2D eigenvalue weighted by Crippen LogP contribution is 2.21. The Morgan fingerprint density at radius 1 is 0.852 bits per heavy atom. The molecule has 0 heterocycles. The second-order valence-corrected chi connectivity index (χ2v) is 5.80. The molecule has 0 saturated carbocycles. The zero-order valence-electron chi connectivity index (χ0n) is 15.1. The minimum atomic E-state index is -0.191. The second-order valence-electron chi connectivity index (χ2n) is 5.80.